The van der Waals surface area contributed by atoms with Gasteiger partial charge in [-0.05, 0) is 45.2 Å². The van der Waals surface area contributed by atoms with Crippen molar-refractivity contribution in [2.45, 2.75) is 45.3 Å². The van der Waals surface area contributed by atoms with E-state index in [9.17, 15) is 9.59 Å². The van der Waals surface area contributed by atoms with Gasteiger partial charge >= 0.3 is 6.09 Å². The standard InChI is InChI=1S/C23H27N5O3/c1-23(2,3)31-22(30)28-11-7-10-16(13-28)26-19-18-12-17(15-8-5-4-6-9-15)21(29)27-20(18)25-14-24-19/h4-6,8-9,12,14,16H,7,10-11,13H2,1-3H3,(H2,24,25,26,27,29)/t16-/m1/s1. The van der Waals surface area contributed by atoms with Crippen LogP contribution in [0.2, 0.25) is 0 Å². The maximum absolute atomic E-state index is 12.6. The molecular formula is C23H27N5O3. The lowest BCUT2D eigenvalue weighted by molar-refractivity contribution is 0.0206. The molecule has 0 aliphatic carbocycles. The number of hydrogen-bond acceptors (Lipinski definition) is 6. The van der Waals surface area contributed by atoms with Gasteiger partial charge in [0.2, 0.25) is 0 Å². The number of pyridine rings is 1. The van der Waals surface area contributed by atoms with Crippen molar-refractivity contribution in [2.24, 2.45) is 0 Å². The summed E-state index contributed by atoms with van der Waals surface area (Å²) >= 11 is 0. The average molecular weight is 422 g/mol. The molecule has 1 aliphatic rings. The molecule has 8 heteroatoms. The van der Waals surface area contributed by atoms with Gasteiger partial charge in [0, 0.05) is 24.7 Å². The number of nitrogens with one attached hydrogen (secondary N) is 2. The molecule has 0 bridgehead atoms. The number of hydrogen-bond donors (Lipinski definition) is 2. The molecule has 3 aromatic rings. The lowest BCUT2D eigenvalue weighted by Gasteiger charge is -2.34. The van der Waals surface area contributed by atoms with Gasteiger partial charge in [0.15, 0.2) is 0 Å². The van der Waals surface area contributed by atoms with Crippen LogP contribution in [0.5, 0.6) is 0 Å². The summed E-state index contributed by atoms with van der Waals surface area (Å²) in [5.41, 5.74) is 1.14. The van der Waals surface area contributed by atoms with Crippen LogP contribution in [-0.4, -0.2) is 50.7 Å². The molecule has 1 atom stereocenters. The average Bonchev–Trinajstić information content (AvgIpc) is 2.73. The molecular weight excluding hydrogens is 394 g/mol. The summed E-state index contributed by atoms with van der Waals surface area (Å²) in [5.74, 6) is 0.634. The molecule has 0 radical (unpaired) electrons. The Bertz CT molecular complexity index is 1140. The Kier molecular flexibility index (Phi) is 5.63. The third-order valence-electron chi connectivity index (χ3n) is 5.15. The van der Waals surface area contributed by atoms with Crippen LogP contribution >= 0.6 is 0 Å². The van der Waals surface area contributed by atoms with Gasteiger partial charge in [-0.1, -0.05) is 30.3 Å². The molecule has 1 aliphatic heterocycles. The Morgan fingerprint density at radius 3 is 2.74 bits per heavy atom. The number of likely N-dealkylation sites (tertiary alicyclic amines) is 1. The van der Waals surface area contributed by atoms with Crippen molar-refractivity contribution in [1.29, 1.82) is 0 Å². The third-order valence-corrected chi connectivity index (χ3v) is 5.15. The lowest BCUT2D eigenvalue weighted by Crippen LogP contribution is -2.47. The van der Waals surface area contributed by atoms with Gasteiger partial charge < -0.3 is 19.9 Å². The summed E-state index contributed by atoms with van der Waals surface area (Å²) in [6, 6.07) is 11.3. The summed E-state index contributed by atoms with van der Waals surface area (Å²) in [6.07, 6.45) is 2.89. The molecule has 2 aromatic heterocycles. The van der Waals surface area contributed by atoms with Crippen molar-refractivity contribution in [3.05, 3.63) is 53.1 Å². The predicted octanol–water partition coefficient (Wildman–Crippen LogP) is 3.80. The molecule has 0 spiro atoms. The molecule has 4 rings (SSSR count). The number of nitrogens with zero attached hydrogens (tertiary/aromatic N) is 3. The van der Waals surface area contributed by atoms with Crippen LogP contribution < -0.4 is 10.9 Å². The predicted molar refractivity (Wildman–Crippen MR) is 120 cm³/mol. The number of aromatic nitrogens is 3. The van der Waals surface area contributed by atoms with Crippen LogP contribution in [0.25, 0.3) is 22.2 Å². The first-order chi connectivity index (χ1) is 14.8. The quantitative estimate of drug-likeness (QED) is 0.667. The third kappa shape index (κ3) is 4.84. The van der Waals surface area contributed by atoms with Crippen LogP contribution in [-0.2, 0) is 4.74 Å². The normalized spacial score (nSPS) is 16.9. The minimum Gasteiger partial charge on any atom is -0.444 e. The van der Waals surface area contributed by atoms with E-state index in [0.29, 0.717) is 30.1 Å². The fourth-order valence-corrected chi connectivity index (χ4v) is 3.74. The van der Waals surface area contributed by atoms with Gasteiger partial charge in [-0.25, -0.2) is 14.8 Å². The van der Waals surface area contributed by atoms with E-state index in [0.717, 1.165) is 23.8 Å². The summed E-state index contributed by atoms with van der Waals surface area (Å²) in [6.45, 7) is 6.78. The SMILES string of the molecule is CC(C)(C)OC(=O)N1CCC[C@@H](Nc2ncnc3[nH]c(=O)c(-c4ccccc4)cc23)C1. The second kappa shape index (κ2) is 8.37. The Morgan fingerprint density at radius 1 is 1.23 bits per heavy atom. The van der Waals surface area contributed by atoms with Gasteiger partial charge in [0.1, 0.15) is 23.4 Å². The van der Waals surface area contributed by atoms with Gasteiger partial charge in [0.05, 0.1) is 5.39 Å². The zero-order chi connectivity index (χ0) is 22.0. The van der Waals surface area contributed by atoms with E-state index in [4.69, 9.17) is 4.74 Å². The molecule has 2 N–H and O–H groups in total. The first kappa shape index (κ1) is 20.8. The smallest absolute Gasteiger partial charge is 0.410 e. The molecule has 3 heterocycles. The van der Waals surface area contributed by atoms with E-state index in [2.05, 4.69) is 20.3 Å². The maximum Gasteiger partial charge on any atom is 0.410 e. The highest BCUT2D eigenvalue weighted by molar-refractivity contribution is 5.89. The molecule has 162 valence electrons. The molecule has 0 unspecified atom stereocenters. The Morgan fingerprint density at radius 2 is 2.00 bits per heavy atom. The number of piperidine rings is 1. The number of benzene rings is 1. The van der Waals surface area contributed by atoms with Crippen molar-refractivity contribution in [1.82, 2.24) is 19.9 Å². The topological polar surface area (TPSA) is 100 Å². The van der Waals surface area contributed by atoms with Crippen molar-refractivity contribution >= 4 is 22.9 Å². The van der Waals surface area contributed by atoms with Crippen molar-refractivity contribution in [3.63, 3.8) is 0 Å². The Balaban J connectivity index is 1.60. The number of H-pyrrole nitrogens is 1. The van der Waals surface area contributed by atoms with E-state index in [1.54, 1.807) is 4.90 Å². The molecule has 1 saturated heterocycles. The van der Waals surface area contributed by atoms with Gasteiger partial charge in [-0.2, -0.15) is 0 Å². The zero-order valence-electron chi connectivity index (χ0n) is 18.0. The molecule has 31 heavy (non-hydrogen) atoms. The molecule has 1 amide bonds. The van der Waals surface area contributed by atoms with Crippen LogP contribution in [0.15, 0.2) is 47.5 Å². The largest absolute Gasteiger partial charge is 0.444 e. The maximum atomic E-state index is 12.6. The van der Waals surface area contributed by atoms with Crippen LogP contribution in [0.3, 0.4) is 0 Å². The van der Waals surface area contributed by atoms with E-state index in [-0.39, 0.29) is 17.7 Å². The second-order valence-electron chi connectivity index (χ2n) is 8.77. The Labute approximate surface area is 180 Å². The van der Waals surface area contributed by atoms with Crippen LogP contribution in [0, 0.1) is 0 Å². The van der Waals surface area contributed by atoms with Crippen molar-refractivity contribution < 1.29 is 9.53 Å². The molecule has 1 aromatic carbocycles. The second-order valence-corrected chi connectivity index (χ2v) is 8.77. The Hall–Kier alpha value is -3.42. The summed E-state index contributed by atoms with van der Waals surface area (Å²) in [5, 5.41) is 4.18. The molecule has 1 fully saturated rings. The summed E-state index contributed by atoms with van der Waals surface area (Å²) in [7, 11) is 0. The van der Waals surface area contributed by atoms with E-state index >= 15 is 0 Å². The number of amides is 1. The zero-order valence-corrected chi connectivity index (χ0v) is 18.0. The highest BCUT2D eigenvalue weighted by Gasteiger charge is 2.28. The van der Waals surface area contributed by atoms with Gasteiger partial charge in [-0.15, -0.1) is 0 Å². The van der Waals surface area contributed by atoms with E-state index in [1.165, 1.54) is 6.33 Å². The van der Waals surface area contributed by atoms with E-state index < -0.39 is 5.60 Å². The van der Waals surface area contributed by atoms with Crippen LogP contribution in [0.1, 0.15) is 33.6 Å². The van der Waals surface area contributed by atoms with Crippen molar-refractivity contribution in [2.75, 3.05) is 18.4 Å². The lowest BCUT2D eigenvalue weighted by atomic mass is 10.0. The number of ether oxygens (including phenoxy) is 1. The van der Waals surface area contributed by atoms with Crippen LogP contribution in [0.4, 0.5) is 10.6 Å². The fourth-order valence-electron chi connectivity index (χ4n) is 3.74. The highest BCUT2D eigenvalue weighted by atomic mass is 16.6. The minimum absolute atomic E-state index is 0.0199. The number of rotatable bonds is 3. The summed E-state index contributed by atoms with van der Waals surface area (Å²) < 4.78 is 5.52. The van der Waals surface area contributed by atoms with Gasteiger partial charge in [0.25, 0.3) is 5.56 Å². The molecule has 8 nitrogen and oxygen atoms in total. The summed E-state index contributed by atoms with van der Waals surface area (Å²) in [4.78, 5) is 38.3. The van der Waals surface area contributed by atoms with Gasteiger partial charge in [-0.3, -0.25) is 4.79 Å². The minimum atomic E-state index is -0.528. The molecule has 0 saturated carbocycles. The fraction of sp³-hybridized carbons (Fsp3) is 0.391. The number of carbonyl (C=O) groups excluding carboxylic acids is 1. The first-order valence-electron chi connectivity index (χ1n) is 10.5. The first-order valence-corrected chi connectivity index (χ1v) is 10.5. The highest BCUT2D eigenvalue weighted by Crippen LogP contribution is 2.25. The number of carbonyl (C=O) groups is 1. The number of aromatic amines is 1. The monoisotopic (exact) mass is 421 g/mol. The number of anilines is 1. The van der Waals surface area contributed by atoms with E-state index in [1.807, 2.05) is 57.2 Å². The number of fused-ring (bicyclic) bond motifs is 1. The van der Waals surface area contributed by atoms with Crippen molar-refractivity contribution in [3.8, 4) is 11.1 Å².